The molecule has 0 fully saturated rings. The highest BCUT2D eigenvalue weighted by Crippen LogP contribution is 2.26. The van der Waals surface area contributed by atoms with Crippen LogP contribution < -0.4 is 9.64 Å². The van der Waals surface area contributed by atoms with Gasteiger partial charge in [0.05, 0.1) is 22.2 Å². The molecule has 0 saturated carbocycles. The highest BCUT2D eigenvalue weighted by Gasteiger charge is 2.35. The number of hydrogen-bond acceptors (Lipinski definition) is 8. The smallest absolute Gasteiger partial charge is 0.415 e. The minimum absolute atomic E-state index is 0.0956. The van der Waals surface area contributed by atoms with Gasteiger partial charge >= 0.3 is 10.9 Å². The largest absolute Gasteiger partial charge is 0.453 e. The van der Waals surface area contributed by atoms with Gasteiger partial charge in [-0.05, 0) is 82.5 Å². The summed E-state index contributed by atoms with van der Waals surface area (Å²) in [5.41, 5.74) is 4.64. The van der Waals surface area contributed by atoms with Crippen molar-refractivity contribution in [3.05, 3.63) is 100 Å². The molecule has 44 heavy (non-hydrogen) atoms. The van der Waals surface area contributed by atoms with Gasteiger partial charge in [-0.15, -0.1) is 11.8 Å². The number of hydrogen-bond donors (Lipinski definition) is 0. The highest BCUT2D eigenvalue weighted by molar-refractivity contribution is 7.99. The molecule has 0 N–H and O–H groups in total. The van der Waals surface area contributed by atoms with Crippen molar-refractivity contribution in [3.63, 3.8) is 0 Å². The summed E-state index contributed by atoms with van der Waals surface area (Å²) in [6.07, 6.45) is 11.0. The fourth-order valence-electron chi connectivity index (χ4n) is 4.21. The number of allylic oxidation sites excluding steroid dienone is 5. The molecule has 0 aliphatic carbocycles. The van der Waals surface area contributed by atoms with Crippen molar-refractivity contribution >= 4 is 27.5 Å². The summed E-state index contributed by atoms with van der Waals surface area (Å²) in [6, 6.07) is 14.9. The van der Waals surface area contributed by atoms with Crippen molar-refractivity contribution in [1.29, 1.82) is 0 Å². The van der Waals surface area contributed by atoms with Crippen LogP contribution in [0.25, 0.3) is 0 Å². The lowest BCUT2D eigenvalue weighted by Crippen LogP contribution is -2.32. The number of likely N-dealkylation sites (N-methyl/N-ethyl adjacent to an activating group) is 1. The van der Waals surface area contributed by atoms with Gasteiger partial charge in [0, 0.05) is 17.7 Å². The number of carbonyl (C=O) groups is 1. The van der Waals surface area contributed by atoms with Crippen LogP contribution in [0, 0.1) is 5.21 Å². The molecule has 0 saturated heterocycles. The number of benzene rings is 2. The molecule has 2 aromatic carbocycles. The van der Waals surface area contributed by atoms with E-state index in [1.807, 2.05) is 18.2 Å². The van der Waals surface area contributed by atoms with Crippen LogP contribution in [0.3, 0.4) is 0 Å². The summed E-state index contributed by atoms with van der Waals surface area (Å²) < 4.78 is 35.9. The molecular formula is C33H41N3O6S2. The lowest BCUT2D eigenvalue weighted by molar-refractivity contribution is -0.832. The number of rotatable bonds is 16. The number of nitrogens with zero attached hydrogens (tertiary/aromatic N) is 3. The van der Waals surface area contributed by atoms with Gasteiger partial charge in [-0.3, -0.25) is 9.42 Å². The van der Waals surface area contributed by atoms with Crippen molar-refractivity contribution < 1.29 is 27.5 Å². The van der Waals surface area contributed by atoms with Gasteiger partial charge in [-0.25, -0.2) is 8.42 Å². The molecule has 1 heterocycles. The van der Waals surface area contributed by atoms with Gasteiger partial charge in [-0.1, -0.05) is 65.3 Å². The van der Waals surface area contributed by atoms with Crippen molar-refractivity contribution in [1.82, 2.24) is 10.1 Å². The van der Waals surface area contributed by atoms with E-state index in [2.05, 4.69) is 55.7 Å². The molecule has 9 nitrogen and oxygen atoms in total. The first-order valence-electron chi connectivity index (χ1n) is 14.4. The molecular weight excluding hydrogens is 599 g/mol. The molecule has 0 aliphatic rings. The Morgan fingerprint density at radius 1 is 0.977 bits per heavy atom. The quantitative estimate of drug-likeness (QED) is 0.0954. The number of sulfone groups is 1. The van der Waals surface area contributed by atoms with E-state index in [-0.39, 0.29) is 28.9 Å². The third kappa shape index (κ3) is 10.1. The zero-order valence-corrected chi connectivity index (χ0v) is 27.6. The van der Waals surface area contributed by atoms with Gasteiger partial charge in [0.25, 0.3) is 15.7 Å². The van der Waals surface area contributed by atoms with E-state index in [0.29, 0.717) is 5.56 Å². The van der Waals surface area contributed by atoms with Crippen LogP contribution in [0.2, 0.25) is 0 Å². The van der Waals surface area contributed by atoms with Crippen LogP contribution in [0.15, 0.2) is 109 Å². The Labute approximate surface area is 264 Å². The number of ether oxygens (including phenoxy) is 1. The zero-order chi connectivity index (χ0) is 32.1. The van der Waals surface area contributed by atoms with Gasteiger partial charge in [0.2, 0.25) is 0 Å². The van der Waals surface area contributed by atoms with Gasteiger partial charge in [0.1, 0.15) is 6.61 Å². The van der Waals surface area contributed by atoms with Gasteiger partial charge < -0.3 is 14.8 Å². The van der Waals surface area contributed by atoms with E-state index in [1.165, 1.54) is 33.8 Å². The van der Waals surface area contributed by atoms with E-state index >= 15 is 0 Å². The van der Waals surface area contributed by atoms with Crippen LogP contribution in [-0.2, 0) is 9.84 Å². The SMILES string of the molecule is CC(C)=CCC/C(C)=C/CC/C(C)=C/CSc1ccccc1C(=O)N(C)CCOc1no[n+]([O-])c1S(=O)(=O)c1ccccc1. The second-order valence-corrected chi connectivity index (χ2v) is 13.6. The molecule has 0 atom stereocenters. The average molecular weight is 640 g/mol. The van der Waals surface area contributed by atoms with Gasteiger partial charge in [-0.2, -0.15) is 0 Å². The topological polar surface area (TPSA) is 117 Å². The Hall–Kier alpha value is -3.83. The third-order valence-electron chi connectivity index (χ3n) is 6.78. The molecule has 1 aromatic heterocycles. The predicted octanol–water partition coefficient (Wildman–Crippen LogP) is 6.80. The molecule has 236 valence electrons. The van der Waals surface area contributed by atoms with Crippen LogP contribution in [-0.4, -0.2) is 50.3 Å². The van der Waals surface area contributed by atoms with Crippen molar-refractivity contribution in [3.8, 4) is 5.88 Å². The maximum atomic E-state index is 13.3. The van der Waals surface area contributed by atoms with E-state index in [9.17, 15) is 18.4 Å². The molecule has 1 amide bonds. The van der Waals surface area contributed by atoms with E-state index in [1.54, 1.807) is 43.1 Å². The lowest BCUT2D eigenvalue weighted by atomic mass is 10.1. The number of carbonyl (C=O) groups excluding carboxylic acids is 1. The zero-order valence-electron chi connectivity index (χ0n) is 26.0. The Bertz CT molecular complexity index is 1590. The predicted molar refractivity (Wildman–Crippen MR) is 172 cm³/mol. The molecule has 3 rings (SSSR count). The minimum Gasteiger partial charge on any atom is -0.453 e. The molecule has 0 bridgehead atoms. The number of thioether (sulfide) groups is 1. The van der Waals surface area contributed by atoms with Crippen LogP contribution in [0.1, 0.15) is 63.7 Å². The second-order valence-electron chi connectivity index (χ2n) is 10.7. The summed E-state index contributed by atoms with van der Waals surface area (Å²) >= 11 is 1.60. The Kier molecular flexibility index (Phi) is 13.3. The maximum Gasteiger partial charge on any atom is 0.415 e. The number of aromatic nitrogens is 2. The second kappa shape index (κ2) is 16.9. The summed E-state index contributed by atoms with van der Waals surface area (Å²) in [4.78, 5) is 15.3. The molecule has 0 radical (unpaired) electrons. The first-order chi connectivity index (χ1) is 21.0. The molecule has 3 aromatic rings. The van der Waals surface area contributed by atoms with Gasteiger partial charge in [0.15, 0.2) is 0 Å². The molecule has 0 spiro atoms. The highest BCUT2D eigenvalue weighted by atomic mass is 32.2. The van der Waals surface area contributed by atoms with Crippen molar-refractivity contribution in [2.24, 2.45) is 0 Å². The first kappa shape index (κ1) is 34.7. The fourth-order valence-corrected chi connectivity index (χ4v) is 6.54. The molecule has 0 unspecified atom stereocenters. The average Bonchev–Trinajstić information content (AvgIpc) is 3.38. The standard InChI is InChI=1S/C33H41N3O6S2/c1-25(2)13-11-14-26(3)15-12-16-27(4)21-24-43-30-20-10-9-19-29(30)32(37)35(5)22-23-41-31-33(36(38)42-34-31)44(39,40)28-17-7-6-8-18-28/h6-10,13,15,17-21H,11-12,14,16,22-24H2,1-5H3/b26-15+,27-21+. The Morgan fingerprint density at radius 2 is 1.61 bits per heavy atom. The van der Waals surface area contributed by atoms with Crippen LogP contribution in [0.5, 0.6) is 5.88 Å². The van der Waals surface area contributed by atoms with E-state index < -0.39 is 20.7 Å². The van der Waals surface area contributed by atoms with E-state index in [4.69, 9.17) is 4.74 Å². The van der Waals surface area contributed by atoms with E-state index in [0.717, 1.165) is 36.3 Å². The Morgan fingerprint density at radius 3 is 2.32 bits per heavy atom. The van der Waals surface area contributed by atoms with Crippen molar-refractivity contribution in [2.45, 2.75) is 68.2 Å². The third-order valence-corrected chi connectivity index (χ3v) is 9.50. The summed E-state index contributed by atoms with van der Waals surface area (Å²) in [6.45, 7) is 8.59. The lowest BCUT2D eigenvalue weighted by Gasteiger charge is -2.18. The molecule has 0 aliphatic heterocycles. The summed E-state index contributed by atoms with van der Waals surface area (Å²) in [7, 11) is -2.60. The Balaban J connectivity index is 1.54. The van der Waals surface area contributed by atoms with Crippen LogP contribution in [0.4, 0.5) is 0 Å². The summed E-state index contributed by atoms with van der Waals surface area (Å²) in [5, 5.41) is 14.8. The monoisotopic (exact) mass is 639 g/mol. The normalized spacial score (nSPS) is 12.2. The maximum absolute atomic E-state index is 13.3. The van der Waals surface area contributed by atoms with Crippen LogP contribution >= 0.6 is 11.8 Å². The van der Waals surface area contributed by atoms with Crippen molar-refractivity contribution in [2.75, 3.05) is 26.0 Å². The summed E-state index contributed by atoms with van der Waals surface area (Å²) in [5.74, 6) is 0.0752. The first-order valence-corrected chi connectivity index (χ1v) is 16.9. The fraction of sp³-hybridized carbons (Fsp3) is 0.364. The minimum atomic E-state index is -4.23. The number of amides is 1. The molecule has 11 heteroatoms.